The second kappa shape index (κ2) is 6.65. The van der Waals surface area contributed by atoms with E-state index in [-0.39, 0.29) is 18.9 Å². The molecule has 0 aromatic heterocycles. The van der Waals surface area contributed by atoms with E-state index in [1.54, 1.807) is 0 Å². The standard InChI is InChI=1S/C12H16N2O3/c1-17-8-12(16)14-10(7-11(13)15)9-5-3-2-4-6-9/h2-6,10H,7-8H2,1H3,(H2,13,15)(H,14,16). The van der Waals surface area contributed by atoms with Gasteiger partial charge < -0.3 is 15.8 Å². The first-order chi connectivity index (χ1) is 8.13. The largest absolute Gasteiger partial charge is 0.375 e. The van der Waals surface area contributed by atoms with Gasteiger partial charge in [0.05, 0.1) is 12.5 Å². The molecule has 2 amide bonds. The molecular weight excluding hydrogens is 220 g/mol. The molecule has 0 radical (unpaired) electrons. The van der Waals surface area contributed by atoms with Crippen LogP contribution in [0.4, 0.5) is 0 Å². The summed E-state index contributed by atoms with van der Waals surface area (Å²) in [5.74, 6) is -0.737. The minimum atomic E-state index is -0.462. The zero-order valence-electron chi connectivity index (χ0n) is 9.68. The lowest BCUT2D eigenvalue weighted by atomic mass is 10.0. The highest BCUT2D eigenvalue weighted by atomic mass is 16.5. The summed E-state index contributed by atoms with van der Waals surface area (Å²) >= 11 is 0. The third-order valence-electron chi connectivity index (χ3n) is 2.22. The highest BCUT2D eigenvalue weighted by Crippen LogP contribution is 2.15. The highest BCUT2D eigenvalue weighted by molar-refractivity contribution is 5.80. The molecule has 1 unspecified atom stereocenters. The van der Waals surface area contributed by atoms with E-state index in [4.69, 9.17) is 10.5 Å². The van der Waals surface area contributed by atoms with Crippen LogP contribution in [0, 0.1) is 0 Å². The van der Waals surface area contributed by atoms with E-state index in [9.17, 15) is 9.59 Å². The van der Waals surface area contributed by atoms with Crippen molar-refractivity contribution in [1.82, 2.24) is 5.32 Å². The summed E-state index contributed by atoms with van der Waals surface area (Å²) in [6.45, 7) is -0.0396. The Bertz CT molecular complexity index is 379. The van der Waals surface area contributed by atoms with Crippen LogP contribution in [0.25, 0.3) is 0 Å². The molecule has 0 saturated heterocycles. The fourth-order valence-electron chi connectivity index (χ4n) is 1.51. The third kappa shape index (κ3) is 4.65. The van der Waals surface area contributed by atoms with E-state index in [2.05, 4.69) is 5.32 Å². The second-order valence-corrected chi connectivity index (χ2v) is 3.63. The van der Waals surface area contributed by atoms with Crippen LogP contribution in [0.2, 0.25) is 0 Å². The Balaban J connectivity index is 2.74. The van der Waals surface area contributed by atoms with E-state index in [0.717, 1.165) is 5.56 Å². The van der Waals surface area contributed by atoms with Gasteiger partial charge in [0.2, 0.25) is 11.8 Å². The number of amides is 2. The molecule has 0 aliphatic carbocycles. The molecule has 17 heavy (non-hydrogen) atoms. The minimum Gasteiger partial charge on any atom is -0.375 e. The lowest BCUT2D eigenvalue weighted by Crippen LogP contribution is -2.33. The number of ether oxygens (including phenoxy) is 1. The van der Waals surface area contributed by atoms with E-state index in [1.807, 2.05) is 30.3 Å². The number of nitrogens with one attached hydrogen (secondary N) is 1. The van der Waals surface area contributed by atoms with E-state index < -0.39 is 11.9 Å². The molecule has 3 N–H and O–H groups in total. The molecule has 1 aromatic rings. The molecular formula is C12H16N2O3. The van der Waals surface area contributed by atoms with Gasteiger partial charge in [0.1, 0.15) is 6.61 Å². The smallest absolute Gasteiger partial charge is 0.246 e. The molecule has 0 spiro atoms. The Morgan fingerprint density at radius 1 is 1.35 bits per heavy atom. The van der Waals surface area contributed by atoms with Crippen LogP contribution >= 0.6 is 0 Å². The Morgan fingerprint density at radius 3 is 2.53 bits per heavy atom. The maximum atomic E-state index is 11.4. The molecule has 1 atom stereocenters. The quantitative estimate of drug-likeness (QED) is 0.748. The number of carbonyl (C=O) groups excluding carboxylic acids is 2. The van der Waals surface area contributed by atoms with Crippen molar-refractivity contribution in [3.8, 4) is 0 Å². The number of carbonyl (C=O) groups is 2. The number of hydrogen-bond acceptors (Lipinski definition) is 3. The number of nitrogens with two attached hydrogens (primary N) is 1. The highest BCUT2D eigenvalue weighted by Gasteiger charge is 2.16. The van der Waals surface area contributed by atoms with E-state index in [0.29, 0.717) is 0 Å². The van der Waals surface area contributed by atoms with Crippen molar-refractivity contribution in [3.05, 3.63) is 35.9 Å². The van der Waals surface area contributed by atoms with Crippen molar-refractivity contribution in [2.75, 3.05) is 13.7 Å². The molecule has 1 aromatic carbocycles. The van der Waals surface area contributed by atoms with Crippen molar-refractivity contribution in [3.63, 3.8) is 0 Å². The number of primary amides is 1. The zero-order valence-corrected chi connectivity index (χ0v) is 9.68. The number of hydrogen-bond donors (Lipinski definition) is 2. The van der Waals surface area contributed by atoms with Gasteiger partial charge in [-0.05, 0) is 5.56 Å². The molecule has 0 heterocycles. The summed E-state index contributed by atoms with van der Waals surface area (Å²) < 4.78 is 4.72. The van der Waals surface area contributed by atoms with Gasteiger partial charge in [0.15, 0.2) is 0 Å². The van der Waals surface area contributed by atoms with E-state index >= 15 is 0 Å². The number of benzene rings is 1. The second-order valence-electron chi connectivity index (χ2n) is 3.63. The van der Waals surface area contributed by atoms with Crippen LogP contribution < -0.4 is 11.1 Å². The lowest BCUT2D eigenvalue weighted by Gasteiger charge is -2.17. The van der Waals surface area contributed by atoms with Gasteiger partial charge in [-0.1, -0.05) is 30.3 Å². The molecule has 0 aliphatic heterocycles. The lowest BCUT2D eigenvalue weighted by molar-refractivity contribution is -0.126. The third-order valence-corrected chi connectivity index (χ3v) is 2.22. The first-order valence-electron chi connectivity index (χ1n) is 5.25. The molecule has 92 valence electrons. The van der Waals surface area contributed by atoms with Gasteiger partial charge in [0, 0.05) is 7.11 Å². The monoisotopic (exact) mass is 236 g/mol. The Morgan fingerprint density at radius 2 is 2.00 bits per heavy atom. The molecule has 1 rings (SSSR count). The summed E-state index contributed by atoms with van der Waals surface area (Å²) in [5.41, 5.74) is 6.00. The fourth-order valence-corrected chi connectivity index (χ4v) is 1.51. The molecule has 5 heteroatoms. The number of rotatable bonds is 6. The number of methoxy groups -OCH3 is 1. The average molecular weight is 236 g/mol. The van der Waals surface area contributed by atoms with Crippen LogP contribution in [0.1, 0.15) is 18.0 Å². The Kier molecular flexibility index (Phi) is 5.16. The fraction of sp³-hybridized carbons (Fsp3) is 0.333. The SMILES string of the molecule is COCC(=O)NC(CC(N)=O)c1ccccc1. The van der Waals surface area contributed by atoms with Gasteiger partial charge >= 0.3 is 0 Å². The first-order valence-corrected chi connectivity index (χ1v) is 5.25. The van der Waals surface area contributed by atoms with Gasteiger partial charge in [-0.25, -0.2) is 0 Å². The Hall–Kier alpha value is -1.88. The zero-order chi connectivity index (χ0) is 12.7. The maximum absolute atomic E-state index is 11.4. The predicted octanol–water partition coefficient (Wildman–Crippen LogP) is 0.366. The van der Waals surface area contributed by atoms with Crippen molar-refractivity contribution in [2.45, 2.75) is 12.5 Å². The van der Waals surface area contributed by atoms with Crippen molar-refractivity contribution in [2.24, 2.45) is 5.73 Å². The van der Waals surface area contributed by atoms with Crippen molar-refractivity contribution in [1.29, 1.82) is 0 Å². The van der Waals surface area contributed by atoms with Crippen LogP contribution in [0.15, 0.2) is 30.3 Å². The molecule has 0 fully saturated rings. The van der Waals surface area contributed by atoms with Crippen LogP contribution in [-0.2, 0) is 14.3 Å². The van der Waals surface area contributed by atoms with Crippen LogP contribution in [0.3, 0.4) is 0 Å². The topological polar surface area (TPSA) is 81.4 Å². The van der Waals surface area contributed by atoms with Crippen LogP contribution in [-0.4, -0.2) is 25.5 Å². The molecule has 5 nitrogen and oxygen atoms in total. The van der Waals surface area contributed by atoms with Crippen molar-refractivity contribution < 1.29 is 14.3 Å². The van der Waals surface area contributed by atoms with Gasteiger partial charge in [-0.15, -0.1) is 0 Å². The van der Waals surface area contributed by atoms with Gasteiger partial charge in [-0.2, -0.15) is 0 Å². The summed E-state index contributed by atoms with van der Waals surface area (Å²) in [6, 6.07) is 8.80. The van der Waals surface area contributed by atoms with Gasteiger partial charge in [-0.3, -0.25) is 9.59 Å². The molecule has 0 bridgehead atoms. The Labute approximate surface area is 99.9 Å². The average Bonchev–Trinajstić information content (AvgIpc) is 2.29. The summed E-state index contributed by atoms with van der Waals surface area (Å²) in [4.78, 5) is 22.4. The summed E-state index contributed by atoms with van der Waals surface area (Å²) in [6.07, 6.45) is 0.0689. The van der Waals surface area contributed by atoms with Crippen LogP contribution in [0.5, 0.6) is 0 Å². The predicted molar refractivity (Wildman–Crippen MR) is 63.0 cm³/mol. The normalized spacial score (nSPS) is 11.8. The van der Waals surface area contributed by atoms with Crippen molar-refractivity contribution >= 4 is 11.8 Å². The summed E-state index contributed by atoms with van der Waals surface area (Å²) in [5, 5.41) is 2.70. The minimum absolute atomic E-state index is 0.0396. The molecule has 0 saturated carbocycles. The maximum Gasteiger partial charge on any atom is 0.246 e. The van der Waals surface area contributed by atoms with E-state index in [1.165, 1.54) is 7.11 Å². The first kappa shape index (κ1) is 13.2. The summed E-state index contributed by atoms with van der Waals surface area (Å²) in [7, 11) is 1.44. The van der Waals surface area contributed by atoms with Gasteiger partial charge in [0.25, 0.3) is 0 Å². The molecule has 0 aliphatic rings.